The zero-order valence-electron chi connectivity index (χ0n) is 20.5. The predicted octanol–water partition coefficient (Wildman–Crippen LogP) is 7.20. The summed E-state index contributed by atoms with van der Waals surface area (Å²) in [4.78, 5) is 11.3. The van der Waals surface area contributed by atoms with Crippen molar-refractivity contribution in [2.24, 2.45) is 0 Å². The van der Waals surface area contributed by atoms with Gasteiger partial charge in [-0.15, -0.1) is 0 Å². The third kappa shape index (κ3) is 4.62. The highest BCUT2D eigenvalue weighted by molar-refractivity contribution is 7.80. The van der Waals surface area contributed by atoms with Crippen molar-refractivity contribution in [1.29, 1.82) is 0 Å². The van der Waals surface area contributed by atoms with Crippen molar-refractivity contribution in [3.63, 3.8) is 0 Å². The number of nitrogens with zero attached hydrogens (tertiary/aromatic N) is 4. The van der Waals surface area contributed by atoms with Crippen LogP contribution in [0.5, 0.6) is 11.5 Å². The second-order valence-electron chi connectivity index (χ2n) is 9.00. The Morgan fingerprint density at radius 2 is 1.71 bits per heavy atom. The fourth-order valence-corrected chi connectivity index (χ4v) is 5.22. The Balaban J connectivity index is 1.40. The van der Waals surface area contributed by atoms with Gasteiger partial charge in [-0.1, -0.05) is 35.9 Å². The van der Waals surface area contributed by atoms with E-state index in [1.165, 1.54) is 0 Å². The van der Waals surface area contributed by atoms with E-state index in [-0.39, 0.29) is 12.1 Å². The maximum Gasteiger partial charge on any atom is 0.174 e. The molecule has 2 unspecified atom stereocenters. The quantitative estimate of drug-likeness (QED) is 0.231. The Bertz CT molecular complexity index is 1570. The fraction of sp³-hybridized carbons (Fsp3) is 0.100. The van der Waals surface area contributed by atoms with E-state index in [1.807, 2.05) is 98.0 Å². The highest BCUT2D eigenvalue weighted by Gasteiger charge is 2.42. The molecule has 0 spiro atoms. The Kier molecular flexibility index (Phi) is 6.54. The summed E-state index contributed by atoms with van der Waals surface area (Å²) in [6.07, 6.45) is 5.45. The van der Waals surface area contributed by atoms with Crippen LogP contribution in [0.3, 0.4) is 0 Å². The number of thiocarbonyl (C=S) groups is 1. The van der Waals surface area contributed by atoms with Gasteiger partial charge in [-0.05, 0) is 91.4 Å². The molecular weight excluding hydrogens is 514 g/mol. The molecule has 0 bridgehead atoms. The first-order valence-corrected chi connectivity index (χ1v) is 13.0. The Morgan fingerprint density at radius 1 is 0.895 bits per heavy atom. The van der Waals surface area contributed by atoms with Gasteiger partial charge in [0.1, 0.15) is 23.4 Å². The molecule has 1 aliphatic heterocycles. The topological polar surface area (TPSA) is 55.2 Å². The molecule has 38 heavy (non-hydrogen) atoms. The first kappa shape index (κ1) is 24.2. The summed E-state index contributed by atoms with van der Waals surface area (Å²) in [5, 5.41) is 4.73. The summed E-state index contributed by atoms with van der Waals surface area (Å²) in [5.41, 5.74) is 3.94. The minimum absolute atomic E-state index is 0.174. The van der Waals surface area contributed by atoms with Crippen LogP contribution in [0.4, 0.5) is 5.69 Å². The number of para-hydroxylation sites is 1. The van der Waals surface area contributed by atoms with Crippen LogP contribution in [0, 0.1) is 6.92 Å². The Labute approximate surface area is 231 Å². The normalized spacial score (nSPS) is 16.9. The predicted molar refractivity (Wildman–Crippen MR) is 154 cm³/mol. The molecule has 6 nitrogen and oxygen atoms in total. The lowest BCUT2D eigenvalue weighted by Gasteiger charge is -2.29. The molecule has 3 aromatic heterocycles. The second kappa shape index (κ2) is 10.3. The van der Waals surface area contributed by atoms with E-state index in [1.54, 1.807) is 12.4 Å². The van der Waals surface area contributed by atoms with Crippen LogP contribution in [0.25, 0.3) is 5.82 Å². The molecule has 2 atom stereocenters. The van der Waals surface area contributed by atoms with E-state index < -0.39 is 0 Å². The zero-order chi connectivity index (χ0) is 26.1. The van der Waals surface area contributed by atoms with Gasteiger partial charge < -0.3 is 19.5 Å². The van der Waals surface area contributed by atoms with Crippen molar-refractivity contribution in [1.82, 2.24) is 19.9 Å². The van der Waals surface area contributed by atoms with Crippen molar-refractivity contribution in [2.45, 2.75) is 19.0 Å². The molecule has 1 saturated heterocycles. The maximum atomic E-state index is 6.13. The molecule has 8 heteroatoms. The molecule has 0 saturated carbocycles. The number of benzene rings is 2. The van der Waals surface area contributed by atoms with Crippen LogP contribution >= 0.6 is 23.8 Å². The second-order valence-corrected chi connectivity index (χ2v) is 9.82. The SMILES string of the molecule is Cc1ccccc1Oc1ccc(N2C(=S)NC(c3ccccn3)C2c2cccn2-c2ccc(Cl)cn2)cc1. The lowest BCUT2D eigenvalue weighted by Crippen LogP contribution is -2.30. The van der Waals surface area contributed by atoms with E-state index >= 15 is 0 Å². The Hall–Kier alpha value is -4.20. The van der Waals surface area contributed by atoms with E-state index in [0.29, 0.717) is 10.1 Å². The molecule has 6 rings (SSSR count). The third-order valence-corrected chi connectivity index (χ3v) is 7.11. The van der Waals surface area contributed by atoms with Gasteiger partial charge in [-0.3, -0.25) is 4.98 Å². The summed E-state index contributed by atoms with van der Waals surface area (Å²) >= 11 is 12.0. The molecule has 5 aromatic rings. The number of rotatable bonds is 6. The number of ether oxygens (including phenoxy) is 1. The number of aromatic nitrogens is 3. The van der Waals surface area contributed by atoms with Crippen LogP contribution in [0.2, 0.25) is 5.02 Å². The van der Waals surface area contributed by atoms with Gasteiger partial charge in [-0.25, -0.2) is 4.98 Å². The van der Waals surface area contributed by atoms with Crippen LogP contribution in [0.15, 0.2) is 110 Å². The number of halogens is 1. The fourth-order valence-electron chi connectivity index (χ4n) is 4.76. The van der Waals surface area contributed by atoms with Crippen LogP contribution in [-0.2, 0) is 0 Å². The van der Waals surface area contributed by atoms with Gasteiger partial charge in [0.05, 0.1) is 16.8 Å². The van der Waals surface area contributed by atoms with Crippen molar-refractivity contribution >= 4 is 34.6 Å². The minimum Gasteiger partial charge on any atom is -0.457 e. The highest BCUT2D eigenvalue weighted by atomic mass is 35.5. The molecule has 2 aromatic carbocycles. The summed E-state index contributed by atoms with van der Waals surface area (Å²) in [6.45, 7) is 2.03. The molecule has 1 aliphatic rings. The smallest absolute Gasteiger partial charge is 0.174 e. The van der Waals surface area contributed by atoms with E-state index in [0.717, 1.165) is 40.0 Å². The number of hydrogen-bond donors (Lipinski definition) is 1. The van der Waals surface area contributed by atoms with Gasteiger partial charge in [0.2, 0.25) is 0 Å². The molecule has 1 fully saturated rings. The molecule has 1 N–H and O–H groups in total. The summed E-state index contributed by atoms with van der Waals surface area (Å²) < 4.78 is 8.19. The molecule has 0 amide bonds. The van der Waals surface area contributed by atoms with Crippen molar-refractivity contribution in [3.8, 4) is 17.3 Å². The van der Waals surface area contributed by atoms with E-state index in [4.69, 9.17) is 28.6 Å². The number of hydrogen-bond acceptors (Lipinski definition) is 4. The highest BCUT2D eigenvalue weighted by Crippen LogP contribution is 2.42. The van der Waals surface area contributed by atoms with Crippen LogP contribution in [-0.4, -0.2) is 19.6 Å². The number of anilines is 1. The van der Waals surface area contributed by atoms with Gasteiger partial charge in [0.25, 0.3) is 0 Å². The van der Waals surface area contributed by atoms with Gasteiger partial charge >= 0.3 is 0 Å². The first-order chi connectivity index (χ1) is 18.6. The summed E-state index contributed by atoms with van der Waals surface area (Å²) in [5.74, 6) is 2.36. The monoisotopic (exact) mass is 537 g/mol. The van der Waals surface area contributed by atoms with Crippen molar-refractivity contribution < 1.29 is 4.74 Å². The lowest BCUT2D eigenvalue weighted by molar-refractivity contribution is 0.479. The first-order valence-electron chi connectivity index (χ1n) is 12.2. The zero-order valence-corrected chi connectivity index (χ0v) is 22.1. The minimum atomic E-state index is -0.187. The standard InChI is InChI=1S/C30H24ClN5OS/c1-20-7-2-3-10-26(20)37-23-14-12-22(13-15-23)36-29(28(34-30(36)38)24-8-4-5-17-32-24)25-9-6-18-35(25)27-16-11-21(31)19-33-27/h2-19,28-29H,1H3,(H,34,38). The number of pyridine rings is 2. The summed E-state index contributed by atoms with van der Waals surface area (Å²) in [7, 11) is 0. The molecular formula is C30H24ClN5OS. The van der Waals surface area contributed by atoms with Gasteiger partial charge in [0, 0.05) is 30.0 Å². The van der Waals surface area contributed by atoms with E-state index in [2.05, 4.69) is 30.8 Å². The Morgan fingerprint density at radius 3 is 2.45 bits per heavy atom. The molecule has 188 valence electrons. The molecule has 4 heterocycles. The lowest BCUT2D eigenvalue weighted by atomic mass is 10.0. The van der Waals surface area contributed by atoms with Crippen LogP contribution < -0.4 is 15.0 Å². The van der Waals surface area contributed by atoms with E-state index in [9.17, 15) is 0 Å². The summed E-state index contributed by atoms with van der Waals surface area (Å²) in [6, 6.07) is 29.4. The van der Waals surface area contributed by atoms with Crippen molar-refractivity contribution in [2.75, 3.05) is 4.90 Å². The van der Waals surface area contributed by atoms with Gasteiger partial charge in [-0.2, -0.15) is 0 Å². The molecule has 0 aliphatic carbocycles. The van der Waals surface area contributed by atoms with Gasteiger partial charge in [0.15, 0.2) is 5.11 Å². The maximum absolute atomic E-state index is 6.13. The number of nitrogens with one attached hydrogen (secondary N) is 1. The van der Waals surface area contributed by atoms with Crippen molar-refractivity contribution in [3.05, 3.63) is 132 Å². The largest absolute Gasteiger partial charge is 0.457 e. The average molecular weight is 538 g/mol. The molecule has 0 radical (unpaired) electrons. The number of aryl methyl sites for hydroxylation is 1. The van der Waals surface area contributed by atoms with Crippen LogP contribution in [0.1, 0.15) is 29.0 Å². The average Bonchev–Trinajstić information content (AvgIpc) is 3.56. The third-order valence-electron chi connectivity index (χ3n) is 6.58.